The lowest BCUT2D eigenvalue weighted by atomic mass is 9.95. The Morgan fingerprint density at radius 2 is 1.82 bits per heavy atom. The summed E-state index contributed by atoms with van der Waals surface area (Å²) in [6, 6.07) is 16.3. The summed E-state index contributed by atoms with van der Waals surface area (Å²) in [5.41, 5.74) is 4.03. The van der Waals surface area contributed by atoms with Crippen LogP contribution in [-0.4, -0.2) is 26.8 Å². The van der Waals surface area contributed by atoms with E-state index in [1.165, 1.54) is 18.2 Å². The van der Waals surface area contributed by atoms with E-state index in [1.807, 2.05) is 6.07 Å². The summed E-state index contributed by atoms with van der Waals surface area (Å²) in [6.07, 6.45) is 1.64. The third kappa shape index (κ3) is 4.11. The van der Waals surface area contributed by atoms with Crippen molar-refractivity contribution < 1.29 is 14.3 Å². The molecule has 1 aromatic heterocycles. The number of aromatic carboxylic acids is 1. The minimum Gasteiger partial charge on any atom is -0.478 e. The molecule has 2 N–H and O–H groups in total. The first-order valence-corrected chi connectivity index (χ1v) is 10.9. The fourth-order valence-corrected chi connectivity index (χ4v) is 4.13. The summed E-state index contributed by atoms with van der Waals surface area (Å²) in [6.45, 7) is 0.246. The second-order valence-electron chi connectivity index (χ2n) is 7.53. The Labute approximate surface area is 203 Å². The van der Waals surface area contributed by atoms with Gasteiger partial charge in [-0.15, -0.1) is 0 Å². The number of hydrogen-bond acceptors (Lipinski definition) is 5. The lowest BCUT2D eigenvalue weighted by Crippen LogP contribution is -2.07. The van der Waals surface area contributed by atoms with Crippen LogP contribution in [0.2, 0.25) is 10.0 Å². The average molecular weight is 493 g/mol. The van der Waals surface area contributed by atoms with Gasteiger partial charge in [-0.2, -0.15) is 0 Å². The van der Waals surface area contributed by atoms with E-state index in [-0.39, 0.29) is 28.9 Å². The molecule has 2 heterocycles. The number of hydrogen-bond donors (Lipinski definition) is 2. The van der Waals surface area contributed by atoms with Gasteiger partial charge >= 0.3 is 5.97 Å². The Morgan fingerprint density at radius 3 is 2.62 bits per heavy atom. The zero-order valence-electron chi connectivity index (χ0n) is 17.4. The first kappa shape index (κ1) is 22.0. The van der Waals surface area contributed by atoms with Gasteiger partial charge in [0, 0.05) is 39.2 Å². The van der Waals surface area contributed by atoms with Crippen molar-refractivity contribution in [3.8, 4) is 11.3 Å². The third-order valence-electron chi connectivity index (χ3n) is 5.35. The van der Waals surface area contributed by atoms with Gasteiger partial charge in [-0.05, 0) is 42.5 Å². The highest BCUT2D eigenvalue weighted by atomic mass is 35.5. The number of nitrogens with one attached hydrogen (secondary N) is 1. The predicted molar refractivity (Wildman–Crippen MR) is 130 cm³/mol. The molecule has 0 aliphatic carbocycles. The van der Waals surface area contributed by atoms with E-state index < -0.39 is 5.97 Å². The minimum atomic E-state index is -1.14. The Balaban J connectivity index is 1.60. The number of aromatic nitrogens is 2. The molecule has 0 fully saturated rings. The van der Waals surface area contributed by atoms with Crippen LogP contribution in [0.15, 0.2) is 71.9 Å². The molecular weight excluding hydrogens is 478 g/mol. The minimum absolute atomic E-state index is 0.0376. The first-order chi connectivity index (χ1) is 16.4. The number of nitrogens with zero attached hydrogens (tertiary/aromatic N) is 3. The van der Waals surface area contributed by atoms with Crippen LogP contribution >= 0.6 is 23.2 Å². The average Bonchev–Trinajstić information content (AvgIpc) is 2.97. The summed E-state index contributed by atoms with van der Waals surface area (Å²) in [5.74, 6) is -1.27. The molecule has 6 nitrogen and oxygen atoms in total. The van der Waals surface area contributed by atoms with Crippen LogP contribution in [0.3, 0.4) is 0 Å². The number of carbonyl (C=O) groups is 1. The maximum Gasteiger partial charge on any atom is 0.337 e. The first-order valence-electron chi connectivity index (χ1n) is 10.2. The van der Waals surface area contributed by atoms with Crippen molar-refractivity contribution in [3.05, 3.63) is 105 Å². The van der Waals surface area contributed by atoms with Gasteiger partial charge in [0.2, 0.25) is 5.95 Å². The number of halogens is 3. The summed E-state index contributed by atoms with van der Waals surface area (Å²) in [7, 11) is 0. The van der Waals surface area contributed by atoms with E-state index in [4.69, 9.17) is 23.2 Å². The second kappa shape index (κ2) is 8.85. The molecular formula is C25H15Cl2FN4O2. The number of carboxylic acid groups (broad SMARTS) is 1. The summed E-state index contributed by atoms with van der Waals surface area (Å²) in [4.78, 5) is 25.1. The molecule has 0 radical (unpaired) electrons. The maximum absolute atomic E-state index is 14.7. The van der Waals surface area contributed by atoms with Gasteiger partial charge in [0.05, 0.1) is 28.5 Å². The largest absolute Gasteiger partial charge is 0.478 e. The standard InChI is InChI=1S/C25H15Cl2FN4O2/c26-14-5-7-16-18(9-14)23(17-3-1-2-4-21(17)28)29-11-13-12-30-25(32-22(13)16)31-15-6-8-20(27)19(10-15)24(33)34/h1-10,12H,11H2,(H,33,34)(H,30,31,32). The molecule has 0 bridgehead atoms. The monoisotopic (exact) mass is 492 g/mol. The normalized spacial score (nSPS) is 12.3. The second-order valence-corrected chi connectivity index (χ2v) is 8.37. The number of carboxylic acids is 1. The highest BCUT2D eigenvalue weighted by Crippen LogP contribution is 2.34. The molecule has 9 heteroatoms. The molecule has 0 amide bonds. The smallest absolute Gasteiger partial charge is 0.337 e. The van der Waals surface area contributed by atoms with Crippen LogP contribution in [0.5, 0.6) is 0 Å². The highest BCUT2D eigenvalue weighted by molar-refractivity contribution is 6.33. The van der Waals surface area contributed by atoms with Crippen molar-refractivity contribution in [1.29, 1.82) is 0 Å². The Bertz CT molecular complexity index is 1490. The number of fused-ring (bicyclic) bond motifs is 3. The molecule has 4 aromatic rings. The third-order valence-corrected chi connectivity index (χ3v) is 5.91. The van der Waals surface area contributed by atoms with Crippen molar-refractivity contribution in [2.45, 2.75) is 6.54 Å². The molecule has 168 valence electrons. The van der Waals surface area contributed by atoms with Crippen molar-refractivity contribution in [2.24, 2.45) is 4.99 Å². The van der Waals surface area contributed by atoms with Gasteiger partial charge in [-0.3, -0.25) is 4.99 Å². The number of benzene rings is 3. The Kier molecular flexibility index (Phi) is 5.73. The summed E-state index contributed by atoms with van der Waals surface area (Å²) >= 11 is 12.3. The molecule has 1 aliphatic rings. The Morgan fingerprint density at radius 1 is 1.00 bits per heavy atom. The van der Waals surface area contributed by atoms with Crippen molar-refractivity contribution in [2.75, 3.05) is 5.32 Å². The molecule has 5 rings (SSSR count). The zero-order chi connectivity index (χ0) is 23.8. The van der Waals surface area contributed by atoms with E-state index in [0.29, 0.717) is 33.2 Å². The molecule has 0 saturated carbocycles. The van der Waals surface area contributed by atoms with Crippen LogP contribution in [0.25, 0.3) is 11.3 Å². The van der Waals surface area contributed by atoms with Crippen LogP contribution < -0.4 is 5.32 Å². The van der Waals surface area contributed by atoms with Gasteiger partial charge in [-0.25, -0.2) is 19.2 Å². The molecule has 0 saturated heterocycles. The number of aliphatic imine (C=N–C) groups is 1. The van der Waals surface area contributed by atoms with E-state index >= 15 is 0 Å². The number of rotatable bonds is 4. The fourth-order valence-electron chi connectivity index (χ4n) is 3.76. The predicted octanol–water partition coefficient (Wildman–Crippen LogP) is 6.38. The summed E-state index contributed by atoms with van der Waals surface area (Å²) < 4.78 is 14.7. The van der Waals surface area contributed by atoms with Gasteiger partial charge in [0.1, 0.15) is 5.82 Å². The van der Waals surface area contributed by atoms with E-state index in [1.54, 1.807) is 42.6 Å². The van der Waals surface area contributed by atoms with Gasteiger partial charge in [0.15, 0.2) is 0 Å². The molecule has 1 aliphatic heterocycles. The maximum atomic E-state index is 14.7. The molecule has 0 unspecified atom stereocenters. The topological polar surface area (TPSA) is 87.5 Å². The van der Waals surface area contributed by atoms with Gasteiger partial charge in [0.25, 0.3) is 0 Å². The summed E-state index contributed by atoms with van der Waals surface area (Å²) in [5, 5.41) is 13.0. The Hall–Kier alpha value is -3.81. The molecule has 0 atom stereocenters. The quantitative estimate of drug-likeness (QED) is 0.345. The molecule has 3 aromatic carbocycles. The van der Waals surface area contributed by atoms with Crippen LogP contribution in [0.4, 0.5) is 16.0 Å². The van der Waals surface area contributed by atoms with Gasteiger partial charge < -0.3 is 10.4 Å². The van der Waals surface area contributed by atoms with Crippen molar-refractivity contribution in [1.82, 2.24) is 9.97 Å². The van der Waals surface area contributed by atoms with Crippen molar-refractivity contribution >= 4 is 46.5 Å². The van der Waals surface area contributed by atoms with E-state index in [9.17, 15) is 14.3 Å². The lowest BCUT2D eigenvalue weighted by Gasteiger charge is -2.13. The lowest BCUT2D eigenvalue weighted by molar-refractivity contribution is 0.0697. The van der Waals surface area contributed by atoms with E-state index in [0.717, 1.165) is 11.1 Å². The van der Waals surface area contributed by atoms with Crippen LogP contribution in [-0.2, 0) is 6.54 Å². The highest BCUT2D eigenvalue weighted by Gasteiger charge is 2.23. The zero-order valence-corrected chi connectivity index (χ0v) is 18.9. The van der Waals surface area contributed by atoms with Crippen LogP contribution in [0, 0.1) is 5.82 Å². The number of anilines is 2. The SMILES string of the molecule is O=C(O)c1cc(Nc2ncc3c(n2)-c2ccc(Cl)cc2C(c2ccccc2F)=NC3)ccc1Cl. The molecule has 34 heavy (non-hydrogen) atoms. The fraction of sp³-hybridized carbons (Fsp3) is 0.0400. The van der Waals surface area contributed by atoms with Crippen LogP contribution in [0.1, 0.15) is 27.0 Å². The molecule has 0 spiro atoms. The van der Waals surface area contributed by atoms with Gasteiger partial charge in [-0.1, -0.05) is 41.4 Å². The van der Waals surface area contributed by atoms with Crippen molar-refractivity contribution in [3.63, 3.8) is 0 Å². The van der Waals surface area contributed by atoms with E-state index in [2.05, 4.69) is 20.3 Å².